The van der Waals surface area contributed by atoms with Crippen molar-refractivity contribution in [2.24, 2.45) is 0 Å². The Kier molecular flexibility index (Phi) is 4.34. The van der Waals surface area contributed by atoms with Crippen LogP contribution in [0.3, 0.4) is 0 Å². The number of hydrogen-bond donors (Lipinski definition) is 0. The Balaban J connectivity index is 1.51. The minimum Gasteiger partial charge on any atom is -0.246 e. The van der Waals surface area contributed by atoms with Gasteiger partial charge in [-0.1, -0.05) is 58.8 Å². The first kappa shape index (κ1) is 16.0. The lowest BCUT2D eigenvalue weighted by molar-refractivity contribution is 0.641. The van der Waals surface area contributed by atoms with Crippen LogP contribution in [0.4, 0.5) is 0 Å². The van der Waals surface area contributed by atoms with Crippen molar-refractivity contribution in [3.8, 4) is 21.8 Å². The van der Waals surface area contributed by atoms with Crippen molar-refractivity contribution < 1.29 is 0 Å². The third kappa shape index (κ3) is 3.62. The van der Waals surface area contributed by atoms with Crippen molar-refractivity contribution >= 4 is 22.9 Å². The Morgan fingerprint density at radius 1 is 1.00 bits per heavy atom. The molecule has 4 rings (SSSR count). The molecule has 6 heteroatoms. The van der Waals surface area contributed by atoms with Gasteiger partial charge in [-0.15, -0.1) is 16.4 Å². The second-order valence-electron chi connectivity index (χ2n) is 5.82. The van der Waals surface area contributed by atoms with E-state index >= 15 is 0 Å². The first-order valence-corrected chi connectivity index (χ1v) is 9.11. The first-order chi connectivity index (χ1) is 12.2. The second kappa shape index (κ2) is 6.78. The van der Waals surface area contributed by atoms with Crippen molar-refractivity contribution in [1.82, 2.24) is 20.0 Å². The van der Waals surface area contributed by atoms with Gasteiger partial charge < -0.3 is 0 Å². The molecule has 4 aromatic rings. The Hall–Kier alpha value is -2.50. The molecule has 0 atom stereocenters. The molecule has 2 heterocycles. The summed E-state index contributed by atoms with van der Waals surface area (Å²) in [7, 11) is 0. The number of aryl methyl sites for hydroxylation is 1. The molecule has 2 aromatic carbocycles. The molecular weight excluding hydrogens is 352 g/mol. The van der Waals surface area contributed by atoms with Gasteiger partial charge in [-0.05, 0) is 19.1 Å². The van der Waals surface area contributed by atoms with Gasteiger partial charge in [0.2, 0.25) is 0 Å². The van der Waals surface area contributed by atoms with Crippen LogP contribution in [0.25, 0.3) is 21.8 Å². The molecule has 0 spiro atoms. The molecule has 2 aromatic heterocycles. The number of nitrogens with zero attached hydrogens (tertiary/aromatic N) is 4. The highest BCUT2D eigenvalue weighted by Crippen LogP contribution is 2.25. The average molecular weight is 367 g/mol. The molecule has 124 valence electrons. The fraction of sp³-hybridized carbons (Fsp3) is 0.105. The highest BCUT2D eigenvalue weighted by Gasteiger charge is 2.08. The third-order valence-corrected chi connectivity index (χ3v) is 5.05. The lowest BCUT2D eigenvalue weighted by Gasteiger charge is -1.98. The number of aromatic nitrogens is 4. The zero-order chi connectivity index (χ0) is 17.2. The number of halogens is 1. The fourth-order valence-corrected chi connectivity index (χ4v) is 3.45. The van der Waals surface area contributed by atoms with E-state index in [-0.39, 0.29) is 0 Å². The Morgan fingerprint density at radius 3 is 2.48 bits per heavy atom. The lowest BCUT2D eigenvalue weighted by Crippen LogP contribution is -2.00. The van der Waals surface area contributed by atoms with Gasteiger partial charge in [0.15, 0.2) is 0 Å². The molecule has 4 nitrogen and oxygen atoms in total. The fourth-order valence-electron chi connectivity index (χ4n) is 2.50. The monoisotopic (exact) mass is 366 g/mol. The molecule has 0 amide bonds. The molecule has 0 N–H and O–H groups in total. The zero-order valence-electron chi connectivity index (χ0n) is 13.6. The average Bonchev–Trinajstić information content (AvgIpc) is 3.27. The van der Waals surface area contributed by atoms with Crippen molar-refractivity contribution in [3.63, 3.8) is 0 Å². The molecule has 0 saturated heterocycles. The normalized spacial score (nSPS) is 11.0. The quantitative estimate of drug-likeness (QED) is 0.506. The highest BCUT2D eigenvalue weighted by atomic mass is 35.5. The van der Waals surface area contributed by atoms with Crippen molar-refractivity contribution in [2.45, 2.75) is 13.5 Å². The maximum absolute atomic E-state index is 5.94. The van der Waals surface area contributed by atoms with E-state index in [4.69, 9.17) is 11.6 Å². The van der Waals surface area contributed by atoms with Crippen LogP contribution < -0.4 is 0 Å². The summed E-state index contributed by atoms with van der Waals surface area (Å²) in [4.78, 5) is 4.69. The van der Waals surface area contributed by atoms with Gasteiger partial charge in [0.05, 0.1) is 18.4 Å². The molecule has 25 heavy (non-hydrogen) atoms. The summed E-state index contributed by atoms with van der Waals surface area (Å²) < 4.78 is 1.82. The minimum absolute atomic E-state index is 0.600. The van der Waals surface area contributed by atoms with Crippen LogP contribution in [0.5, 0.6) is 0 Å². The smallest absolute Gasteiger partial charge is 0.123 e. The summed E-state index contributed by atoms with van der Waals surface area (Å²) in [6, 6.07) is 16.0. The minimum atomic E-state index is 0.600. The van der Waals surface area contributed by atoms with Crippen LogP contribution >= 0.6 is 22.9 Å². The largest absolute Gasteiger partial charge is 0.246 e. The number of benzene rings is 2. The van der Waals surface area contributed by atoms with E-state index in [1.807, 2.05) is 35.1 Å². The summed E-state index contributed by atoms with van der Waals surface area (Å²) in [5.41, 5.74) is 5.20. The van der Waals surface area contributed by atoms with Gasteiger partial charge in [-0.3, -0.25) is 0 Å². The predicted molar refractivity (Wildman–Crippen MR) is 102 cm³/mol. The van der Waals surface area contributed by atoms with Crippen LogP contribution in [-0.4, -0.2) is 20.0 Å². The highest BCUT2D eigenvalue weighted by molar-refractivity contribution is 7.13. The van der Waals surface area contributed by atoms with Gasteiger partial charge in [0.25, 0.3) is 0 Å². The van der Waals surface area contributed by atoms with Crippen LogP contribution in [0, 0.1) is 6.92 Å². The van der Waals surface area contributed by atoms with E-state index < -0.39 is 0 Å². The van der Waals surface area contributed by atoms with Crippen LogP contribution in [-0.2, 0) is 6.54 Å². The summed E-state index contributed by atoms with van der Waals surface area (Å²) in [5.74, 6) is 0. The third-order valence-electron chi connectivity index (χ3n) is 3.85. The molecule has 0 saturated carbocycles. The Bertz CT molecular complexity index is 905. The van der Waals surface area contributed by atoms with E-state index in [0.717, 1.165) is 32.5 Å². The van der Waals surface area contributed by atoms with Gasteiger partial charge in [-0.2, -0.15) is 0 Å². The first-order valence-electron chi connectivity index (χ1n) is 7.85. The predicted octanol–water partition coefficient (Wildman–Crippen LogP) is 5.08. The van der Waals surface area contributed by atoms with Crippen molar-refractivity contribution in [3.05, 3.63) is 76.4 Å². The van der Waals surface area contributed by atoms with E-state index in [9.17, 15) is 0 Å². The molecule has 0 unspecified atom stereocenters. The second-order valence-corrected chi connectivity index (χ2v) is 7.11. The standard InChI is InChI=1S/C19H15ClN4S/c1-13-2-4-14(5-3-13)18-11-24(23-22-18)10-17-12-25-19(21-17)15-6-8-16(20)9-7-15/h2-9,11-12H,10H2,1H3. The number of rotatable bonds is 4. The summed E-state index contributed by atoms with van der Waals surface area (Å²) in [6.45, 7) is 2.67. The number of hydrogen-bond acceptors (Lipinski definition) is 4. The molecular formula is C19H15ClN4S. The maximum atomic E-state index is 5.94. The zero-order valence-corrected chi connectivity index (χ0v) is 15.1. The maximum Gasteiger partial charge on any atom is 0.123 e. The van der Waals surface area contributed by atoms with Crippen LogP contribution in [0.1, 0.15) is 11.3 Å². The van der Waals surface area contributed by atoms with Gasteiger partial charge >= 0.3 is 0 Å². The lowest BCUT2D eigenvalue weighted by atomic mass is 10.1. The van der Waals surface area contributed by atoms with Crippen LogP contribution in [0.15, 0.2) is 60.1 Å². The molecule has 0 aliphatic carbocycles. The van der Waals surface area contributed by atoms with E-state index in [2.05, 4.69) is 51.9 Å². The van der Waals surface area contributed by atoms with Crippen molar-refractivity contribution in [1.29, 1.82) is 0 Å². The molecule has 0 aliphatic rings. The summed E-state index contributed by atoms with van der Waals surface area (Å²) in [6.07, 6.45) is 1.95. The Morgan fingerprint density at radius 2 is 1.72 bits per heavy atom. The van der Waals surface area contributed by atoms with E-state index in [1.54, 1.807) is 11.3 Å². The molecule has 0 aliphatic heterocycles. The molecule has 0 fully saturated rings. The molecule has 0 radical (unpaired) electrons. The van der Waals surface area contributed by atoms with E-state index in [0.29, 0.717) is 6.54 Å². The van der Waals surface area contributed by atoms with Gasteiger partial charge in [-0.25, -0.2) is 9.67 Å². The van der Waals surface area contributed by atoms with Crippen molar-refractivity contribution in [2.75, 3.05) is 0 Å². The Labute approximate surface area is 154 Å². The SMILES string of the molecule is Cc1ccc(-c2cn(Cc3csc(-c4ccc(Cl)cc4)n3)nn2)cc1. The summed E-state index contributed by atoms with van der Waals surface area (Å²) >= 11 is 7.55. The molecule has 0 bridgehead atoms. The topological polar surface area (TPSA) is 43.6 Å². The van der Waals surface area contributed by atoms with Gasteiger partial charge in [0, 0.05) is 21.5 Å². The van der Waals surface area contributed by atoms with E-state index in [1.165, 1.54) is 5.56 Å². The van der Waals surface area contributed by atoms with Gasteiger partial charge in [0.1, 0.15) is 10.7 Å². The number of thiazole rings is 1. The van der Waals surface area contributed by atoms with Crippen LogP contribution in [0.2, 0.25) is 5.02 Å². The summed E-state index contributed by atoms with van der Waals surface area (Å²) in [5, 5.41) is 12.2.